The number of carbonyl (C=O) groups excluding carboxylic acids is 2. The zero-order valence-corrected chi connectivity index (χ0v) is 8.93. The molecular formula is C11H20O2. The third kappa shape index (κ3) is 7.69. The summed E-state index contributed by atoms with van der Waals surface area (Å²) in [7, 11) is 0. The molecule has 0 unspecified atom stereocenters. The minimum Gasteiger partial charge on any atom is -0.300 e. The van der Waals surface area contributed by atoms with Gasteiger partial charge >= 0.3 is 0 Å². The molecule has 13 heavy (non-hydrogen) atoms. The molecule has 0 aromatic carbocycles. The van der Waals surface area contributed by atoms with Crippen molar-refractivity contribution in [1.82, 2.24) is 0 Å². The van der Waals surface area contributed by atoms with Gasteiger partial charge in [0.2, 0.25) is 0 Å². The van der Waals surface area contributed by atoms with Crippen LogP contribution in [0.3, 0.4) is 0 Å². The summed E-state index contributed by atoms with van der Waals surface area (Å²) in [5, 5.41) is 0. The first kappa shape index (κ1) is 12.3. The lowest BCUT2D eigenvalue weighted by Crippen LogP contribution is -2.04. The maximum absolute atomic E-state index is 11.2. The Morgan fingerprint density at radius 1 is 1.00 bits per heavy atom. The number of hydrogen-bond acceptors (Lipinski definition) is 2. The van der Waals surface area contributed by atoms with E-state index in [4.69, 9.17) is 0 Å². The Labute approximate surface area is 80.7 Å². The minimum atomic E-state index is 0.192. The van der Waals surface area contributed by atoms with Gasteiger partial charge in [0.1, 0.15) is 11.6 Å². The Kier molecular flexibility index (Phi) is 6.47. The first-order chi connectivity index (χ1) is 6.06. The van der Waals surface area contributed by atoms with Crippen molar-refractivity contribution in [1.29, 1.82) is 0 Å². The van der Waals surface area contributed by atoms with E-state index in [1.54, 1.807) is 0 Å². The summed E-state index contributed by atoms with van der Waals surface area (Å²) in [4.78, 5) is 22.1. The third-order valence-corrected chi connectivity index (χ3v) is 2.08. The molecule has 0 aromatic heterocycles. The van der Waals surface area contributed by atoms with Crippen molar-refractivity contribution in [3.05, 3.63) is 0 Å². The molecule has 0 aromatic rings. The Bertz CT molecular complexity index is 171. The maximum Gasteiger partial charge on any atom is 0.133 e. The largest absolute Gasteiger partial charge is 0.300 e. The third-order valence-electron chi connectivity index (χ3n) is 2.08. The number of Topliss-reactive ketones (excluding diaryl/α,β-unsaturated/α-hetero) is 2. The van der Waals surface area contributed by atoms with Crippen molar-refractivity contribution in [3.8, 4) is 0 Å². The van der Waals surface area contributed by atoms with Gasteiger partial charge in [-0.15, -0.1) is 0 Å². The fourth-order valence-electron chi connectivity index (χ4n) is 1.03. The molecule has 0 radical (unpaired) electrons. The van der Waals surface area contributed by atoms with Crippen molar-refractivity contribution in [2.75, 3.05) is 0 Å². The van der Waals surface area contributed by atoms with Crippen molar-refractivity contribution in [2.24, 2.45) is 5.92 Å². The normalized spacial score (nSPS) is 10.5. The Hall–Kier alpha value is -0.660. The fraction of sp³-hybridized carbons (Fsp3) is 0.818. The van der Waals surface area contributed by atoms with Crippen LogP contribution in [0.15, 0.2) is 0 Å². The van der Waals surface area contributed by atoms with Gasteiger partial charge in [-0.2, -0.15) is 0 Å². The Balaban J connectivity index is 3.46. The average molecular weight is 184 g/mol. The van der Waals surface area contributed by atoms with Crippen molar-refractivity contribution in [2.45, 2.75) is 52.9 Å². The highest BCUT2D eigenvalue weighted by molar-refractivity contribution is 5.85. The zero-order chi connectivity index (χ0) is 10.3. The lowest BCUT2D eigenvalue weighted by Gasteiger charge is -2.02. The molecule has 0 aliphatic heterocycles. The second-order valence-electron chi connectivity index (χ2n) is 3.86. The molecule has 0 rings (SSSR count). The maximum atomic E-state index is 11.2. The van der Waals surface area contributed by atoms with Gasteiger partial charge in [-0.05, 0) is 12.3 Å². The molecule has 0 N–H and O–H groups in total. The number of ketones is 2. The summed E-state index contributed by atoms with van der Waals surface area (Å²) >= 11 is 0. The molecule has 0 bridgehead atoms. The molecule has 2 nitrogen and oxygen atoms in total. The summed E-state index contributed by atoms with van der Waals surface area (Å²) in [5.74, 6) is 0.999. The number of carbonyl (C=O) groups is 2. The van der Waals surface area contributed by atoms with Gasteiger partial charge in [0.05, 0.1) is 0 Å². The number of hydrogen-bond donors (Lipinski definition) is 0. The monoisotopic (exact) mass is 184 g/mol. The molecule has 0 amide bonds. The molecule has 0 atom stereocenters. The smallest absolute Gasteiger partial charge is 0.133 e. The standard InChI is InChI=1S/C11H20O2/c1-4-10(12)7-8-11(13)6-5-9(2)3/h9H,4-8H2,1-3H3. The first-order valence-electron chi connectivity index (χ1n) is 5.09. The average Bonchev–Trinajstić information content (AvgIpc) is 2.10. The second kappa shape index (κ2) is 6.81. The van der Waals surface area contributed by atoms with E-state index < -0.39 is 0 Å². The lowest BCUT2D eigenvalue weighted by molar-refractivity contribution is -0.124. The molecule has 76 valence electrons. The molecule has 0 fully saturated rings. The molecule has 0 heterocycles. The van der Waals surface area contributed by atoms with Crippen LogP contribution in [-0.4, -0.2) is 11.6 Å². The van der Waals surface area contributed by atoms with E-state index in [1.807, 2.05) is 6.92 Å². The van der Waals surface area contributed by atoms with E-state index in [0.717, 1.165) is 6.42 Å². The summed E-state index contributed by atoms with van der Waals surface area (Å²) < 4.78 is 0. The van der Waals surface area contributed by atoms with Crippen molar-refractivity contribution >= 4 is 11.6 Å². The molecular weight excluding hydrogens is 164 g/mol. The highest BCUT2D eigenvalue weighted by Gasteiger charge is 2.06. The fourth-order valence-corrected chi connectivity index (χ4v) is 1.03. The highest BCUT2D eigenvalue weighted by Crippen LogP contribution is 2.07. The van der Waals surface area contributed by atoms with Gasteiger partial charge in [0, 0.05) is 25.7 Å². The topological polar surface area (TPSA) is 34.1 Å². The van der Waals surface area contributed by atoms with Gasteiger partial charge < -0.3 is 0 Å². The van der Waals surface area contributed by atoms with E-state index in [9.17, 15) is 9.59 Å². The predicted molar refractivity (Wildman–Crippen MR) is 53.6 cm³/mol. The van der Waals surface area contributed by atoms with Crippen LogP contribution in [0.4, 0.5) is 0 Å². The van der Waals surface area contributed by atoms with Crippen LogP contribution in [0.5, 0.6) is 0 Å². The van der Waals surface area contributed by atoms with Gasteiger partial charge in [0.25, 0.3) is 0 Å². The molecule has 2 heteroatoms. The zero-order valence-electron chi connectivity index (χ0n) is 8.93. The van der Waals surface area contributed by atoms with Crippen LogP contribution >= 0.6 is 0 Å². The van der Waals surface area contributed by atoms with Gasteiger partial charge in [-0.1, -0.05) is 20.8 Å². The van der Waals surface area contributed by atoms with Gasteiger partial charge in [-0.25, -0.2) is 0 Å². The summed E-state index contributed by atoms with van der Waals surface area (Å²) in [5.41, 5.74) is 0. The van der Waals surface area contributed by atoms with Gasteiger partial charge in [0.15, 0.2) is 0 Å². The van der Waals surface area contributed by atoms with E-state index in [1.165, 1.54) is 0 Å². The van der Waals surface area contributed by atoms with Crippen LogP contribution in [0.2, 0.25) is 0 Å². The molecule has 0 aliphatic rings. The molecule has 0 aliphatic carbocycles. The Morgan fingerprint density at radius 2 is 1.54 bits per heavy atom. The molecule has 0 saturated carbocycles. The van der Waals surface area contributed by atoms with E-state index in [-0.39, 0.29) is 11.6 Å². The summed E-state index contributed by atoms with van der Waals surface area (Å²) in [6, 6.07) is 0. The number of rotatable bonds is 7. The SMILES string of the molecule is CCC(=O)CCC(=O)CCC(C)C. The van der Waals surface area contributed by atoms with Crippen LogP contribution in [-0.2, 0) is 9.59 Å². The molecule has 0 saturated heterocycles. The second-order valence-corrected chi connectivity index (χ2v) is 3.86. The van der Waals surface area contributed by atoms with Crippen molar-refractivity contribution in [3.63, 3.8) is 0 Å². The lowest BCUT2D eigenvalue weighted by atomic mass is 10.0. The first-order valence-corrected chi connectivity index (χ1v) is 5.09. The van der Waals surface area contributed by atoms with E-state index >= 15 is 0 Å². The minimum absolute atomic E-state index is 0.192. The quantitative estimate of drug-likeness (QED) is 0.609. The summed E-state index contributed by atoms with van der Waals surface area (Å²) in [6.07, 6.45) is 3.01. The van der Waals surface area contributed by atoms with E-state index in [0.29, 0.717) is 31.6 Å². The van der Waals surface area contributed by atoms with Crippen LogP contribution in [0.25, 0.3) is 0 Å². The summed E-state index contributed by atoms with van der Waals surface area (Å²) in [6.45, 7) is 6.04. The molecule has 0 spiro atoms. The van der Waals surface area contributed by atoms with Gasteiger partial charge in [-0.3, -0.25) is 9.59 Å². The van der Waals surface area contributed by atoms with Crippen LogP contribution < -0.4 is 0 Å². The van der Waals surface area contributed by atoms with Crippen molar-refractivity contribution < 1.29 is 9.59 Å². The van der Waals surface area contributed by atoms with E-state index in [2.05, 4.69) is 13.8 Å². The van der Waals surface area contributed by atoms with Crippen LogP contribution in [0, 0.1) is 5.92 Å². The Morgan fingerprint density at radius 3 is 2.00 bits per heavy atom. The van der Waals surface area contributed by atoms with Crippen LogP contribution in [0.1, 0.15) is 52.9 Å². The predicted octanol–water partition coefficient (Wildman–Crippen LogP) is 2.75. The highest BCUT2D eigenvalue weighted by atomic mass is 16.1.